The Balaban J connectivity index is 1.59. The third-order valence-electron chi connectivity index (χ3n) is 5.35. The van der Waals surface area contributed by atoms with Gasteiger partial charge in [-0.2, -0.15) is 0 Å². The van der Waals surface area contributed by atoms with Crippen LogP contribution in [0.3, 0.4) is 0 Å². The number of nitrogens with zero attached hydrogens (tertiary/aromatic N) is 2. The second-order valence-electron chi connectivity index (χ2n) is 7.07. The molecule has 0 radical (unpaired) electrons. The SMILES string of the molecule is C=CCN1CC[C@H](N(C)C(=O)Nc2cc3oc4ccccc4c3cc2OC)C1=O. The molecule has 0 saturated carbocycles. The molecule has 0 aliphatic carbocycles. The lowest BCUT2D eigenvalue weighted by Crippen LogP contribution is -2.44. The maximum Gasteiger partial charge on any atom is 0.322 e. The van der Waals surface area contributed by atoms with Crippen molar-refractivity contribution in [3.8, 4) is 5.75 Å². The van der Waals surface area contributed by atoms with E-state index in [9.17, 15) is 9.59 Å². The highest BCUT2D eigenvalue weighted by Crippen LogP contribution is 2.36. The molecule has 1 N–H and O–H groups in total. The van der Waals surface area contributed by atoms with Gasteiger partial charge < -0.3 is 24.3 Å². The van der Waals surface area contributed by atoms with Crippen LogP contribution in [0.1, 0.15) is 6.42 Å². The Morgan fingerprint density at radius 2 is 2.14 bits per heavy atom. The molecule has 3 amide bonds. The number of para-hydroxylation sites is 1. The summed E-state index contributed by atoms with van der Waals surface area (Å²) >= 11 is 0. The van der Waals surface area contributed by atoms with Gasteiger partial charge in [-0.3, -0.25) is 4.79 Å². The van der Waals surface area contributed by atoms with E-state index in [1.807, 2.05) is 30.3 Å². The second kappa shape index (κ2) is 7.50. The highest BCUT2D eigenvalue weighted by molar-refractivity contribution is 6.07. The summed E-state index contributed by atoms with van der Waals surface area (Å²) in [5, 5.41) is 4.75. The first-order chi connectivity index (χ1) is 14.0. The molecule has 2 heterocycles. The number of benzene rings is 2. The summed E-state index contributed by atoms with van der Waals surface area (Å²) in [5.74, 6) is 0.457. The van der Waals surface area contributed by atoms with Crippen LogP contribution in [0.25, 0.3) is 21.9 Å². The molecular formula is C22H23N3O4. The molecule has 0 bridgehead atoms. The summed E-state index contributed by atoms with van der Waals surface area (Å²) in [4.78, 5) is 28.5. The third-order valence-corrected chi connectivity index (χ3v) is 5.35. The van der Waals surface area contributed by atoms with E-state index in [-0.39, 0.29) is 11.9 Å². The summed E-state index contributed by atoms with van der Waals surface area (Å²) in [5.41, 5.74) is 1.91. The molecule has 0 spiro atoms. The van der Waals surface area contributed by atoms with Crippen LogP contribution in [0.15, 0.2) is 53.5 Å². The van der Waals surface area contributed by atoms with Crippen LogP contribution < -0.4 is 10.1 Å². The number of carbonyl (C=O) groups excluding carboxylic acids is 2. The fourth-order valence-corrected chi connectivity index (χ4v) is 3.78. The van der Waals surface area contributed by atoms with Crippen LogP contribution >= 0.6 is 0 Å². The summed E-state index contributed by atoms with van der Waals surface area (Å²) in [6.45, 7) is 4.77. The van der Waals surface area contributed by atoms with Gasteiger partial charge in [0.25, 0.3) is 0 Å². The molecule has 1 aliphatic rings. The van der Waals surface area contributed by atoms with Crippen LogP contribution in [0, 0.1) is 0 Å². The van der Waals surface area contributed by atoms with E-state index in [0.29, 0.717) is 36.5 Å². The van der Waals surface area contributed by atoms with Gasteiger partial charge in [0.2, 0.25) is 5.91 Å². The number of amides is 3. The molecule has 7 nitrogen and oxygen atoms in total. The number of hydrogen-bond donors (Lipinski definition) is 1. The maximum absolute atomic E-state index is 12.8. The van der Waals surface area contributed by atoms with E-state index < -0.39 is 6.04 Å². The second-order valence-corrected chi connectivity index (χ2v) is 7.07. The minimum atomic E-state index is -0.490. The number of furan rings is 1. The molecule has 29 heavy (non-hydrogen) atoms. The van der Waals surface area contributed by atoms with Crippen molar-refractivity contribution in [3.63, 3.8) is 0 Å². The van der Waals surface area contributed by atoms with Gasteiger partial charge in [0, 0.05) is 37.0 Å². The van der Waals surface area contributed by atoms with E-state index in [1.165, 1.54) is 4.90 Å². The highest BCUT2D eigenvalue weighted by Gasteiger charge is 2.36. The lowest BCUT2D eigenvalue weighted by atomic mass is 10.1. The molecule has 1 atom stereocenters. The first-order valence-electron chi connectivity index (χ1n) is 9.46. The van der Waals surface area contributed by atoms with E-state index in [0.717, 1.165) is 16.4 Å². The van der Waals surface area contributed by atoms with Gasteiger partial charge in [0.1, 0.15) is 23.0 Å². The number of ether oxygens (including phenoxy) is 1. The van der Waals surface area contributed by atoms with Crippen LogP contribution in [-0.4, -0.2) is 55.0 Å². The van der Waals surface area contributed by atoms with Crippen molar-refractivity contribution in [1.29, 1.82) is 0 Å². The number of fused-ring (bicyclic) bond motifs is 3. The Bertz CT molecular complexity index is 1100. The topological polar surface area (TPSA) is 75.0 Å². The lowest BCUT2D eigenvalue weighted by Gasteiger charge is -2.24. The largest absolute Gasteiger partial charge is 0.495 e. The molecule has 4 rings (SSSR count). The summed E-state index contributed by atoms with van der Waals surface area (Å²) in [6, 6.07) is 10.5. The first-order valence-corrected chi connectivity index (χ1v) is 9.46. The number of likely N-dealkylation sites (tertiary alicyclic amines) is 1. The Morgan fingerprint density at radius 3 is 2.90 bits per heavy atom. The molecule has 7 heteroatoms. The average Bonchev–Trinajstić information content (AvgIpc) is 3.27. The first kappa shape index (κ1) is 18.9. The van der Waals surface area contributed by atoms with Crippen LogP contribution in [0.5, 0.6) is 5.75 Å². The number of nitrogens with one attached hydrogen (secondary N) is 1. The molecule has 3 aromatic rings. The highest BCUT2D eigenvalue weighted by atomic mass is 16.5. The molecule has 1 aliphatic heterocycles. The van der Waals surface area contributed by atoms with Gasteiger partial charge in [0.15, 0.2) is 0 Å². The van der Waals surface area contributed by atoms with E-state index in [1.54, 1.807) is 31.2 Å². The quantitative estimate of drug-likeness (QED) is 0.668. The fraction of sp³-hybridized carbons (Fsp3) is 0.273. The number of urea groups is 1. The van der Waals surface area contributed by atoms with E-state index >= 15 is 0 Å². The van der Waals surface area contributed by atoms with Crippen LogP contribution in [0.4, 0.5) is 10.5 Å². The van der Waals surface area contributed by atoms with Gasteiger partial charge in [0.05, 0.1) is 12.8 Å². The third kappa shape index (κ3) is 3.29. The van der Waals surface area contributed by atoms with Crippen molar-refractivity contribution in [2.75, 3.05) is 32.6 Å². The van der Waals surface area contributed by atoms with Crippen molar-refractivity contribution in [2.45, 2.75) is 12.5 Å². The number of rotatable bonds is 5. The van der Waals surface area contributed by atoms with E-state index in [4.69, 9.17) is 9.15 Å². The number of methoxy groups -OCH3 is 1. The molecule has 1 fully saturated rings. The minimum absolute atomic E-state index is 0.0674. The smallest absolute Gasteiger partial charge is 0.322 e. The average molecular weight is 393 g/mol. The standard InChI is InChI=1S/C22H23N3O4/c1-4-10-25-11-9-17(21(25)26)24(2)22(27)23-16-13-19-15(12-20(16)28-3)14-7-5-6-8-18(14)29-19/h4-8,12-13,17H,1,9-11H2,2-3H3,(H,23,27)/t17-/m0/s1. The number of hydrogen-bond acceptors (Lipinski definition) is 4. The summed E-state index contributed by atoms with van der Waals surface area (Å²) < 4.78 is 11.4. The zero-order valence-corrected chi connectivity index (χ0v) is 16.5. The zero-order chi connectivity index (χ0) is 20.5. The molecular weight excluding hydrogens is 370 g/mol. The monoisotopic (exact) mass is 393 g/mol. The summed E-state index contributed by atoms with van der Waals surface area (Å²) in [7, 11) is 3.18. The van der Waals surface area contributed by atoms with Crippen molar-refractivity contribution in [1.82, 2.24) is 9.80 Å². The van der Waals surface area contributed by atoms with Gasteiger partial charge >= 0.3 is 6.03 Å². The number of carbonyl (C=O) groups is 2. The van der Waals surface area contributed by atoms with Crippen molar-refractivity contribution < 1.29 is 18.7 Å². The van der Waals surface area contributed by atoms with Crippen molar-refractivity contribution in [3.05, 3.63) is 49.1 Å². The fourth-order valence-electron chi connectivity index (χ4n) is 3.78. The van der Waals surface area contributed by atoms with Crippen LogP contribution in [0.2, 0.25) is 0 Å². The predicted octanol–water partition coefficient (Wildman–Crippen LogP) is 3.85. The van der Waals surface area contributed by atoms with Gasteiger partial charge in [-0.15, -0.1) is 6.58 Å². The molecule has 1 saturated heterocycles. The molecule has 150 valence electrons. The van der Waals surface area contributed by atoms with Gasteiger partial charge in [-0.1, -0.05) is 24.3 Å². The maximum atomic E-state index is 12.8. The normalized spacial score (nSPS) is 16.4. The minimum Gasteiger partial charge on any atom is -0.495 e. The van der Waals surface area contributed by atoms with Crippen molar-refractivity contribution in [2.24, 2.45) is 0 Å². The van der Waals surface area contributed by atoms with Gasteiger partial charge in [-0.05, 0) is 18.6 Å². The molecule has 0 unspecified atom stereocenters. The van der Waals surface area contributed by atoms with Crippen LogP contribution in [-0.2, 0) is 4.79 Å². The Labute approximate surface area is 168 Å². The summed E-state index contributed by atoms with van der Waals surface area (Å²) in [6.07, 6.45) is 2.28. The Hall–Kier alpha value is -3.48. The van der Waals surface area contributed by atoms with Gasteiger partial charge in [-0.25, -0.2) is 4.79 Å². The number of anilines is 1. The Kier molecular flexibility index (Phi) is 4.88. The van der Waals surface area contributed by atoms with E-state index in [2.05, 4.69) is 11.9 Å². The molecule has 2 aromatic carbocycles. The zero-order valence-electron chi connectivity index (χ0n) is 16.5. The van der Waals surface area contributed by atoms with Crippen molar-refractivity contribution >= 4 is 39.6 Å². The molecule has 1 aromatic heterocycles. The lowest BCUT2D eigenvalue weighted by molar-refractivity contribution is -0.130. The predicted molar refractivity (Wildman–Crippen MR) is 112 cm³/mol. The number of likely N-dealkylation sites (N-methyl/N-ethyl adjacent to an activating group) is 1. The Morgan fingerprint density at radius 1 is 1.34 bits per heavy atom.